The van der Waals surface area contributed by atoms with Gasteiger partial charge in [-0.05, 0) is 45.8 Å². The van der Waals surface area contributed by atoms with Crippen LogP contribution in [0.5, 0.6) is 0 Å². The molecule has 0 amide bonds. The SMILES string of the molecule is CC(C)CCN1C(C)CCN(C)CC1CC#N. The van der Waals surface area contributed by atoms with Gasteiger partial charge in [0.2, 0.25) is 0 Å². The molecular formula is C14H27N3. The molecule has 0 aromatic rings. The molecule has 0 spiro atoms. The molecule has 1 heterocycles. The molecule has 1 aliphatic rings. The van der Waals surface area contributed by atoms with Crippen LogP contribution in [0.25, 0.3) is 0 Å². The van der Waals surface area contributed by atoms with Crippen LogP contribution in [0.1, 0.15) is 40.0 Å². The van der Waals surface area contributed by atoms with E-state index >= 15 is 0 Å². The Bertz CT molecular complexity index is 257. The molecule has 2 unspecified atom stereocenters. The smallest absolute Gasteiger partial charge is 0.0638 e. The molecule has 0 N–H and O–H groups in total. The lowest BCUT2D eigenvalue weighted by atomic mass is 10.1. The van der Waals surface area contributed by atoms with Crippen molar-refractivity contribution >= 4 is 0 Å². The number of likely N-dealkylation sites (N-methyl/N-ethyl adjacent to an activating group) is 1. The highest BCUT2D eigenvalue weighted by atomic mass is 15.2. The second-order valence-corrected chi connectivity index (χ2v) is 5.84. The van der Waals surface area contributed by atoms with Crippen LogP contribution in [0.2, 0.25) is 0 Å². The van der Waals surface area contributed by atoms with Crippen LogP contribution in [-0.2, 0) is 0 Å². The van der Waals surface area contributed by atoms with Gasteiger partial charge in [-0.25, -0.2) is 0 Å². The lowest BCUT2D eigenvalue weighted by Crippen LogP contribution is -2.44. The average molecular weight is 237 g/mol. The van der Waals surface area contributed by atoms with Crippen LogP contribution in [-0.4, -0.2) is 48.6 Å². The summed E-state index contributed by atoms with van der Waals surface area (Å²) in [5.41, 5.74) is 0. The highest BCUT2D eigenvalue weighted by Gasteiger charge is 2.27. The molecule has 2 atom stereocenters. The van der Waals surface area contributed by atoms with Crippen LogP contribution < -0.4 is 0 Å². The number of hydrogen-bond acceptors (Lipinski definition) is 3. The van der Waals surface area contributed by atoms with Crippen molar-refractivity contribution in [2.45, 2.75) is 52.1 Å². The summed E-state index contributed by atoms with van der Waals surface area (Å²) in [4.78, 5) is 4.93. The van der Waals surface area contributed by atoms with Gasteiger partial charge in [-0.15, -0.1) is 0 Å². The van der Waals surface area contributed by atoms with Gasteiger partial charge in [-0.3, -0.25) is 4.90 Å². The first-order valence-corrected chi connectivity index (χ1v) is 6.85. The van der Waals surface area contributed by atoms with Gasteiger partial charge in [0.1, 0.15) is 0 Å². The summed E-state index contributed by atoms with van der Waals surface area (Å²) >= 11 is 0. The van der Waals surface area contributed by atoms with Gasteiger partial charge in [0, 0.05) is 18.6 Å². The summed E-state index contributed by atoms with van der Waals surface area (Å²) in [7, 11) is 2.17. The molecule has 0 aromatic carbocycles. The van der Waals surface area contributed by atoms with Crippen molar-refractivity contribution in [1.82, 2.24) is 9.80 Å². The van der Waals surface area contributed by atoms with Gasteiger partial charge in [0.05, 0.1) is 12.5 Å². The summed E-state index contributed by atoms with van der Waals surface area (Å²) in [5, 5.41) is 8.98. The van der Waals surface area contributed by atoms with Crippen LogP contribution in [0, 0.1) is 17.2 Å². The fourth-order valence-corrected chi connectivity index (χ4v) is 2.59. The molecule has 1 aliphatic heterocycles. The van der Waals surface area contributed by atoms with Gasteiger partial charge in [-0.1, -0.05) is 13.8 Å². The van der Waals surface area contributed by atoms with Crippen molar-refractivity contribution in [3.05, 3.63) is 0 Å². The van der Waals surface area contributed by atoms with Crippen LogP contribution in [0.4, 0.5) is 0 Å². The first-order chi connectivity index (χ1) is 8.04. The van der Waals surface area contributed by atoms with Crippen molar-refractivity contribution in [3.63, 3.8) is 0 Å². The van der Waals surface area contributed by atoms with Crippen molar-refractivity contribution in [2.24, 2.45) is 5.92 Å². The molecule has 17 heavy (non-hydrogen) atoms. The Kier molecular flexibility index (Phi) is 5.94. The predicted molar refractivity (Wildman–Crippen MR) is 71.8 cm³/mol. The lowest BCUT2D eigenvalue weighted by Gasteiger charge is -2.34. The molecule has 1 fully saturated rings. The first kappa shape index (κ1) is 14.5. The van der Waals surface area contributed by atoms with Gasteiger partial charge in [0.15, 0.2) is 0 Å². The summed E-state index contributed by atoms with van der Waals surface area (Å²) in [6.45, 7) is 10.2. The Hall–Kier alpha value is -0.590. The summed E-state index contributed by atoms with van der Waals surface area (Å²) < 4.78 is 0. The van der Waals surface area contributed by atoms with E-state index in [1.54, 1.807) is 0 Å². The molecule has 0 aromatic heterocycles. The zero-order valence-corrected chi connectivity index (χ0v) is 11.8. The summed E-state index contributed by atoms with van der Waals surface area (Å²) in [6, 6.07) is 3.38. The van der Waals surface area contributed by atoms with E-state index in [2.05, 4.69) is 43.7 Å². The van der Waals surface area contributed by atoms with Gasteiger partial charge in [-0.2, -0.15) is 5.26 Å². The fourth-order valence-electron chi connectivity index (χ4n) is 2.59. The van der Waals surface area contributed by atoms with E-state index in [1.807, 2.05) is 0 Å². The van der Waals surface area contributed by atoms with E-state index in [-0.39, 0.29) is 0 Å². The van der Waals surface area contributed by atoms with Crippen molar-refractivity contribution in [2.75, 3.05) is 26.7 Å². The maximum atomic E-state index is 8.98. The number of hydrogen-bond donors (Lipinski definition) is 0. The van der Waals surface area contributed by atoms with E-state index in [0.717, 1.165) is 25.6 Å². The van der Waals surface area contributed by atoms with Crippen molar-refractivity contribution in [3.8, 4) is 6.07 Å². The Morgan fingerprint density at radius 1 is 1.41 bits per heavy atom. The van der Waals surface area contributed by atoms with E-state index in [0.29, 0.717) is 18.5 Å². The standard InChI is InChI=1S/C14H27N3/c1-12(2)6-10-17-13(3)7-9-16(4)11-14(17)5-8-15/h12-14H,5-7,9-11H2,1-4H3. The van der Waals surface area contributed by atoms with E-state index in [9.17, 15) is 0 Å². The van der Waals surface area contributed by atoms with E-state index in [4.69, 9.17) is 5.26 Å². The second-order valence-electron chi connectivity index (χ2n) is 5.84. The third kappa shape index (κ3) is 4.65. The molecule has 0 saturated carbocycles. The molecule has 0 aliphatic carbocycles. The lowest BCUT2D eigenvalue weighted by molar-refractivity contribution is 0.138. The zero-order chi connectivity index (χ0) is 12.8. The Labute approximate surface area is 106 Å². The Morgan fingerprint density at radius 2 is 2.12 bits per heavy atom. The first-order valence-electron chi connectivity index (χ1n) is 6.85. The Balaban J connectivity index is 2.66. The molecule has 3 nitrogen and oxygen atoms in total. The monoisotopic (exact) mass is 237 g/mol. The van der Waals surface area contributed by atoms with Gasteiger partial charge < -0.3 is 4.90 Å². The van der Waals surface area contributed by atoms with Gasteiger partial charge in [0.25, 0.3) is 0 Å². The molecule has 98 valence electrons. The predicted octanol–water partition coefficient (Wildman–Crippen LogP) is 2.34. The minimum atomic E-state index is 0.418. The Morgan fingerprint density at radius 3 is 2.71 bits per heavy atom. The minimum absolute atomic E-state index is 0.418. The normalized spacial score (nSPS) is 28.0. The number of rotatable bonds is 4. The maximum absolute atomic E-state index is 8.98. The van der Waals surface area contributed by atoms with Crippen molar-refractivity contribution in [1.29, 1.82) is 5.26 Å². The van der Waals surface area contributed by atoms with Crippen LogP contribution in [0.3, 0.4) is 0 Å². The largest absolute Gasteiger partial charge is 0.305 e. The molecule has 1 rings (SSSR count). The van der Waals surface area contributed by atoms with Gasteiger partial charge >= 0.3 is 0 Å². The summed E-state index contributed by atoms with van der Waals surface area (Å²) in [6.07, 6.45) is 3.11. The molecule has 3 heteroatoms. The van der Waals surface area contributed by atoms with Crippen LogP contribution >= 0.6 is 0 Å². The van der Waals surface area contributed by atoms with Crippen molar-refractivity contribution < 1.29 is 0 Å². The van der Waals surface area contributed by atoms with Crippen LogP contribution in [0.15, 0.2) is 0 Å². The molecular weight excluding hydrogens is 210 g/mol. The second kappa shape index (κ2) is 6.98. The fraction of sp³-hybridized carbons (Fsp3) is 0.929. The third-order valence-electron chi connectivity index (χ3n) is 3.78. The molecule has 0 radical (unpaired) electrons. The number of nitrogens with zero attached hydrogens (tertiary/aromatic N) is 3. The highest BCUT2D eigenvalue weighted by Crippen LogP contribution is 2.19. The molecule has 1 saturated heterocycles. The zero-order valence-electron chi connectivity index (χ0n) is 11.8. The topological polar surface area (TPSA) is 30.3 Å². The summed E-state index contributed by atoms with van der Waals surface area (Å²) in [5.74, 6) is 0.742. The number of nitriles is 1. The van der Waals surface area contributed by atoms with E-state index < -0.39 is 0 Å². The maximum Gasteiger partial charge on any atom is 0.0638 e. The highest BCUT2D eigenvalue weighted by molar-refractivity contribution is 4.89. The molecule has 0 bridgehead atoms. The average Bonchev–Trinajstić information content (AvgIpc) is 2.37. The third-order valence-corrected chi connectivity index (χ3v) is 3.78. The minimum Gasteiger partial charge on any atom is -0.305 e. The van der Waals surface area contributed by atoms with E-state index in [1.165, 1.54) is 12.8 Å². The quantitative estimate of drug-likeness (QED) is 0.752.